The Kier molecular flexibility index (Phi) is 5.29. The number of nitrogen functional groups attached to an aromatic ring is 1. The maximum atomic E-state index is 12.1. The van der Waals surface area contributed by atoms with E-state index in [1.165, 1.54) is 29.3 Å². The molecule has 0 saturated carbocycles. The zero-order valence-electron chi connectivity index (χ0n) is 15.6. The summed E-state index contributed by atoms with van der Waals surface area (Å²) in [6.45, 7) is 0.436. The van der Waals surface area contributed by atoms with Crippen LogP contribution in [-0.2, 0) is 4.79 Å². The molecule has 3 aromatic rings. The molecular weight excluding hydrogens is 451 g/mol. The molecule has 4 N–H and O–H groups in total. The van der Waals surface area contributed by atoms with E-state index < -0.39 is 22.6 Å². The summed E-state index contributed by atoms with van der Waals surface area (Å²) in [6.07, 6.45) is 2.33. The van der Waals surface area contributed by atoms with Gasteiger partial charge in [0, 0.05) is 25.2 Å². The maximum absolute atomic E-state index is 12.1. The molecule has 160 valence electrons. The van der Waals surface area contributed by atoms with Gasteiger partial charge in [-0.25, -0.2) is 4.79 Å². The minimum atomic E-state index is -0.833. The third-order valence-corrected chi connectivity index (χ3v) is 5.08. The van der Waals surface area contributed by atoms with Gasteiger partial charge in [-0.1, -0.05) is 23.2 Å². The van der Waals surface area contributed by atoms with Crippen LogP contribution >= 0.6 is 23.2 Å². The molecule has 1 amide bonds. The van der Waals surface area contributed by atoms with Gasteiger partial charge in [-0.05, 0) is 18.6 Å². The third-order valence-electron chi connectivity index (χ3n) is 4.52. The monoisotopic (exact) mass is 464 g/mol. The van der Waals surface area contributed by atoms with Gasteiger partial charge in [0.15, 0.2) is 5.75 Å². The Labute approximate surface area is 183 Å². The molecule has 1 aliphatic rings. The lowest BCUT2D eigenvalue weighted by Crippen LogP contribution is -2.33. The Hall–Kier alpha value is -3.57. The zero-order valence-corrected chi connectivity index (χ0v) is 17.2. The van der Waals surface area contributed by atoms with Crippen molar-refractivity contribution in [3.8, 4) is 17.2 Å². The highest BCUT2D eigenvalue weighted by atomic mass is 35.5. The van der Waals surface area contributed by atoms with Crippen molar-refractivity contribution in [3.63, 3.8) is 0 Å². The summed E-state index contributed by atoms with van der Waals surface area (Å²) < 4.78 is 6.56. The first-order valence-corrected chi connectivity index (χ1v) is 9.69. The van der Waals surface area contributed by atoms with E-state index in [4.69, 9.17) is 33.7 Å². The lowest BCUT2D eigenvalue weighted by Gasteiger charge is -2.16. The molecule has 31 heavy (non-hydrogen) atoms. The van der Waals surface area contributed by atoms with E-state index in [9.17, 15) is 19.2 Å². The van der Waals surface area contributed by atoms with Crippen LogP contribution in [0.25, 0.3) is 5.69 Å². The first kappa shape index (κ1) is 20.7. The van der Waals surface area contributed by atoms with Crippen LogP contribution in [0.3, 0.4) is 0 Å². The number of H-pyrrole nitrogens is 2. The lowest BCUT2D eigenvalue weighted by atomic mass is 10.3. The largest absolute Gasteiger partial charge is 0.453 e. The minimum absolute atomic E-state index is 0.0194. The molecule has 0 unspecified atom stereocenters. The number of halogens is 2. The van der Waals surface area contributed by atoms with Gasteiger partial charge in [0.1, 0.15) is 11.4 Å². The minimum Gasteiger partial charge on any atom is -0.453 e. The highest BCUT2D eigenvalue weighted by molar-refractivity contribution is 6.37. The first-order chi connectivity index (χ1) is 14.7. The fourth-order valence-electron chi connectivity index (χ4n) is 3.09. The molecule has 0 radical (unpaired) electrons. The number of amides is 1. The van der Waals surface area contributed by atoms with Crippen LogP contribution in [0.1, 0.15) is 12.8 Å². The van der Waals surface area contributed by atoms with Crippen molar-refractivity contribution in [2.45, 2.75) is 12.8 Å². The van der Waals surface area contributed by atoms with Crippen LogP contribution < -0.4 is 32.2 Å². The Morgan fingerprint density at radius 3 is 2.42 bits per heavy atom. The highest BCUT2D eigenvalue weighted by Crippen LogP contribution is 2.38. The number of aromatic amines is 2. The van der Waals surface area contributed by atoms with Crippen molar-refractivity contribution >= 4 is 40.6 Å². The number of ether oxygens (including phenoxy) is 1. The van der Waals surface area contributed by atoms with Crippen molar-refractivity contribution in [1.29, 1.82) is 0 Å². The molecule has 1 saturated heterocycles. The molecule has 0 aliphatic carbocycles. The summed E-state index contributed by atoms with van der Waals surface area (Å²) in [6, 6.07) is 4.09. The smallest absolute Gasteiger partial charge is 0.349 e. The average Bonchev–Trinajstić information content (AvgIpc) is 3.14. The quantitative estimate of drug-likeness (QED) is 0.526. The van der Waals surface area contributed by atoms with E-state index in [2.05, 4.69) is 10.1 Å². The second kappa shape index (κ2) is 7.93. The van der Waals surface area contributed by atoms with Crippen LogP contribution in [0, 0.1) is 0 Å². The van der Waals surface area contributed by atoms with Gasteiger partial charge in [0.2, 0.25) is 11.7 Å². The second-order valence-electron chi connectivity index (χ2n) is 6.60. The molecule has 13 heteroatoms. The standard InChI is InChI=1S/C18H14Cl2N6O5/c19-10-4-8(26-18(30)23-17(29)15(21)24-26)5-11(20)14(10)31-9-6-12(16(28)22-7-9)25-3-1-2-13(25)27/h4-7H,1-3H2,(H2,21,24)(H,22,28)(H,23,29,30). The van der Waals surface area contributed by atoms with Gasteiger partial charge < -0.3 is 20.4 Å². The molecule has 4 rings (SSSR count). The number of nitrogens with zero attached hydrogens (tertiary/aromatic N) is 3. The summed E-state index contributed by atoms with van der Waals surface area (Å²) >= 11 is 12.6. The van der Waals surface area contributed by atoms with E-state index in [0.717, 1.165) is 4.68 Å². The summed E-state index contributed by atoms with van der Waals surface area (Å²) in [5, 5.41) is 3.75. The predicted molar refractivity (Wildman–Crippen MR) is 114 cm³/mol. The number of carbonyl (C=O) groups is 1. The Balaban J connectivity index is 1.70. The van der Waals surface area contributed by atoms with Crippen LogP contribution in [0.4, 0.5) is 11.5 Å². The van der Waals surface area contributed by atoms with Crippen LogP contribution in [0.2, 0.25) is 10.0 Å². The molecule has 2 aromatic heterocycles. The van der Waals surface area contributed by atoms with E-state index in [1.54, 1.807) is 0 Å². The third kappa shape index (κ3) is 3.92. The normalized spacial score (nSPS) is 13.6. The average molecular weight is 465 g/mol. The summed E-state index contributed by atoms with van der Waals surface area (Å²) in [7, 11) is 0. The Morgan fingerprint density at radius 2 is 1.77 bits per heavy atom. The highest BCUT2D eigenvalue weighted by Gasteiger charge is 2.24. The summed E-state index contributed by atoms with van der Waals surface area (Å²) in [5.74, 6) is -0.330. The molecule has 1 fully saturated rings. The summed E-state index contributed by atoms with van der Waals surface area (Å²) in [5.41, 5.74) is 3.67. The topological polar surface area (TPSA) is 156 Å². The molecule has 1 aromatic carbocycles. The second-order valence-corrected chi connectivity index (χ2v) is 7.41. The van der Waals surface area contributed by atoms with E-state index in [-0.39, 0.29) is 38.8 Å². The molecule has 11 nitrogen and oxygen atoms in total. The fraction of sp³-hybridized carbons (Fsp3) is 0.167. The van der Waals surface area contributed by atoms with Crippen LogP contribution in [0.5, 0.6) is 11.5 Å². The van der Waals surface area contributed by atoms with Crippen LogP contribution in [0.15, 0.2) is 38.8 Å². The van der Waals surface area contributed by atoms with Crippen molar-refractivity contribution in [2.24, 2.45) is 0 Å². The number of carbonyl (C=O) groups excluding carboxylic acids is 1. The van der Waals surface area contributed by atoms with Crippen molar-refractivity contribution in [1.82, 2.24) is 19.7 Å². The van der Waals surface area contributed by atoms with E-state index >= 15 is 0 Å². The fourth-order valence-corrected chi connectivity index (χ4v) is 3.64. The van der Waals surface area contributed by atoms with E-state index in [0.29, 0.717) is 19.4 Å². The van der Waals surface area contributed by atoms with Gasteiger partial charge in [-0.15, -0.1) is 5.10 Å². The molecule has 0 bridgehead atoms. The number of benzene rings is 1. The predicted octanol–water partition coefficient (Wildman–Crippen LogP) is 1.42. The van der Waals surface area contributed by atoms with Gasteiger partial charge in [0.25, 0.3) is 11.1 Å². The van der Waals surface area contributed by atoms with Crippen LogP contribution in [-0.4, -0.2) is 32.2 Å². The number of aromatic nitrogens is 4. The van der Waals surface area contributed by atoms with Gasteiger partial charge in [0.05, 0.1) is 15.7 Å². The van der Waals surface area contributed by atoms with Gasteiger partial charge in [-0.2, -0.15) is 4.68 Å². The molecule has 3 heterocycles. The lowest BCUT2D eigenvalue weighted by molar-refractivity contribution is -0.117. The van der Waals surface area contributed by atoms with Crippen molar-refractivity contribution in [3.05, 3.63) is 65.6 Å². The van der Waals surface area contributed by atoms with Gasteiger partial charge in [-0.3, -0.25) is 19.4 Å². The SMILES string of the molecule is Nc1nn(-c2cc(Cl)c(Oc3c[nH]c(=O)c(N4CCCC4=O)c3)c(Cl)c2)c(=O)[nH]c1=O. The maximum Gasteiger partial charge on any atom is 0.349 e. The van der Waals surface area contributed by atoms with E-state index in [1.807, 2.05) is 4.98 Å². The Bertz CT molecular complexity index is 1360. The number of rotatable bonds is 4. The zero-order chi connectivity index (χ0) is 22.3. The number of hydrogen-bond acceptors (Lipinski definition) is 7. The van der Waals surface area contributed by atoms with Crippen molar-refractivity contribution in [2.75, 3.05) is 17.2 Å². The molecule has 0 spiro atoms. The first-order valence-electron chi connectivity index (χ1n) is 8.94. The number of nitrogens with one attached hydrogen (secondary N) is 2. The van der Waals surface area contributed by atoms with Crippen molar-refractivity contribution < 1.29 is 9.53 Å². The number of pyridine rings is 1. The number of hydrogen-bond donors (Lipinski definition) is 3. The molecular formula is C18H14Cl2N6O5. The molecule has 1 aliphatic heterocycles. The number of nitrogens with two attached hydrogens (primary N) is 1. The summed E-state index contributed by atoms with van der Waals surface area (Å²) in [4.78, 5) is 53.5. The number of anilines is 2. The molecule has 0 atom stereocenters. The van der Waals surface area contributed by atoms with Gasteiger partial charge >= 0.3 is 5.69 Å². The Morgan fingerprint density at radius 1 is 1.06 bits per heavy atom.